The maximum absolute atomic E-state index is 9.42. The van der Waals surface area contributed by atoms with E-state index in [-0.39, 0.29) is 5.75 Å². The van der Waals surface area contributed by atoms with Crippen molar-refractivity contribution in [2.45, 2.75) is 0 Å². The zero-order valence-electron chi connectivity index (χ0n) is 13.4. The first kappa shape index (κ1) is 15.0. The largest absolute Gasteiger partial charge is 0.508 e. The SMILES string of the molecule is Oc1ccc(-c2nccc(-c3cccc(-c4ccccc4)n3)n2)cc1. The first-order chi connectivity index (χ1) is 12.3. The number of aromatic nitrogens is 3. The molecule has 0 bridgehead atoms. The molecular formula is C21H15N3O. The van der Waals surface area contributed by atoms with Crippen LogP contribution < -0.4 is 0 Å². The van der Waals surface area contributed by atoms with Gasteiger partial charge in [-0.15, -0.1) is 0 Å². The third-order valence-electron chi connectivity index (χ3n) is 3.86. The Labute approximate surface area is 145 Å². The second-order valence-electron chi connectivity index (χ2n) is 5.59. The monoisotopic (exact) mass is 325 g/mol. The smallest absolute Gasteiger partial charge is 0.159 e. The molecule has 0 radical (unpaired) electrons. The van der Waals surface area contributed by atoms with E-state index in [2.05, 4.69) is 9.97 Å². The van der Waals surface area contributed by atoms with Crippen LogP contribution in [0.2, 0.25) is 0 Å². The van der Waals surface area contributed by atoms with Gasteiger partial charge in [-0.2, -0.15) is 0 Å². The van der Waals surface area contributed by atoms with Gasteiger partial charge < -0.3 is 5.11 Å². The van der Waals surface area contributed by atoms with Gasteiger partial charge in [0.2, 0.25) is 0 Å². The average Bonchev–Trinajstić information content (AvgIpc) is 2.69. The summed E-state index contributed by atoms with van der Waals surface area (Å²) in [6.45, 7) is 0. The van der Waals surface area contributed by atoms with Crippen molar-refractivity contribution in [1.82, 2.24) is 15.0 Å². The highest BCUT2D eigenvalue weighted by Gasteiger charge is 2.07. The number of pyridine rings is 1. The van der Waals surface area contributed by atoms with Gasteiger partial charge in [0.1, 0.15) is 5.75 Å². The molecule has 2 heterocycles. The van der Waals surface area contributed by atoms with Crippen LogP contribution in [0.4, 0.5) is 0 Å². The number of hydrogen-bond donors (Lipinski definition) is 1. The van der Waals surface area contributed by atoms with Crippen molar-refractivity contribution in [1.29, 1.82) is 0 Å². The Kier molecular flexibility index (Phi) is 3.92. The van der Waals surface area contributed by atoms with Crippen molar-refractivity contribution < 1.29 is 5.11 Å². The highest BCUT2D eigenvalue weighted by Crippen LogP contribution is 2.24. The number of phenolic OH excluding ortho intramolecular Hbond substituents is 1. The molecule has 4 rings (SSSR count). The molecule has 2 aromatic heterocycles. The topological polar surface area (TPSA) is 58.9 Å². The van der Waals surface area contributed by atoms with Crippen LogP contribution in [-0.4, -0.2) is 20.1 Å². The summed E-state index contributed by atoms with van der Waals surface area (Å²) in [5.74, 6) is 0.821. The minimum absolute atomic E-state index is 0.220. The fraction of sp³-hybridized carbons (Fsp3) is 0. The van der Waals surface area contributed by atoms with Gasteiger partial charge >= 0.3 is 0 Å². The molecule has 0 aliphatic rings. The number of hydrogen-bond acceptors (Lipinski definition) is 4. The zero-order chi connectivity index (χ0) is 17.1. The van der Waals surface area contributed by atoms with E-state index in [1.54, 1.807) is 30.5 Å². The van der Waals surface area contributed by atoms with Gasteiger partial charge in [-0.3, -0.25) is 0 Å². The number of nitrogens with zero attached hydrogens (tertiary/aromatic N) is 3. The molecule has 4 aromatic rings. The molecule has 120 valence electrons. The molecule has 0 atom stereocenters. The molecular weight excluding hydrogens is 310 g/mol. The first-order valence-corrected chi connectivity index (χ1v) is 7.95. The van der Waals surface area contributed by atoms with Crippen LogP contribution in [0.15, 0.2) is 85.1 Å². The van der Waals surface area contributed by atoms with Crippen molar-refractivity contribution in [3.63, 3.8) is 0 Å². The van der Waals surface area contributed by atoms with E-state index in [0.717, 1.165) is 28.2 Å². The van der Waals surface area contributed by atoms with Gasteiger partial charge in [-0.05, 0) is 42.5 Å². The van der Waals surface area contributed by atoms with Crippen LogP contribution >= 0.6 is 0 Å². The predicted molar refractivity (Wildman–Crippen MR) is 97.8 cm³/mol. The highest BCUT2D eigenvalue weighted by molar-refractivity contribution is 5.65. The summed E-state index contributed by atoms with van der Waals surface area (Å²) >= 11 is 0. The van der Waals surface area contributed by atoms with E-state index in [1.807, 2.05) is 54.6 Å². The first-order valence-electron chi connectivity index (χ1n) is 7.95. The third-order valence-corrected chi connectivity index (χ3v) is 3.86. The number of aromatic hydroxyl groups is 1. The van der Waals surface area contributed by atoms with Crippen molar-refractivity contribution in [2.24, 2.45) is 0 Å². The summed E-state index contributed by atoms with van der Waals surface area (Å²) in [4.78, 5) is 13.7. The van der Waals surface area contributed by atoms with Gasteiger partial charge in [-0.25, -0.2) is 15.0 Å². The lowest BCUT2D eigenvalue weighted by Gasteiger charge is -2.06. The summed E-state index contributed by atoms with van der Waals surface area (Å²) in [6, 6.07) is 24.6. The molecule has 0 aliphatic carbocycles. The van der Waals surface area contributed by atoms with Crippen LogP contribution in [0.5, 0.6) is 5.75 Å². The second-order valence-corrected chi connectivity index (χ2v) is 5.59. The molecule has 0 aliphatic heterocycles. The lowest BCUT2D eigenvalue weighted by Crippen LogP contribution is -1.94. The summed E-state index contributed by atoms with van der Waals surface area (Å²) in [5.41, 5.74) is 4.37. The lowest BCUT2D eigenvalue weighted by atomic mass is 10.1. The fourth-order valence-corrected chi connectivity index (χ4v) is 2.60. The van der Waals surface area contributed by atoms with Crippen LogP contribution in [0.25, 0.3) is 34.0 Å². The number of benzene rings is 2. The minimum Gasteiger partial charge on any atom is -0.508 e. The van der Waals surface area contributed by atoms with Gasteiger partial charge in [0.25, 0.3) is 0 Å². The maximum atomic E-state index is 9.42. The highest BCUT2D eigenvalue weighted by atomic mass is 16.3. The maximum Gasteiger partial charge on any atom is 0.159 e. The molecule has 2 aromatic carbocycles. The Hall–Kier alpha value is -3.53. The Morgan fingerprint density at radius 2 is 1.28 bits per heavy atom. The van der Waals surface area contributed by atoms with E-state index in [0.29, 0.717) is 5.82 Å². The Balaban J connectivity index is 1.73. The average molecular weight is 325 g/mol. The molecule has 25 heavy (non-hydrogen) atoms. The molecule has 1 N–H and O–H groups in total. The quantitative estimate of drug-likeness (QED) is 0.599. The van der Waals surface area contributed by atoms with Crippen molar-refractivity contribution >= 4 is 0 Å². The van der Waals surface area contributed by atoms with Crippen LogP contribution in [0, 0.1) is 0 Å². The van der Waals surface area contributed by atoms with Crippen LogP contribution in [0.1, 0.15) is 0 Å². The second kappa shape index (κ2) is 6.53. The molecule has 0 fully saturated rings. The molecule has 0 amide bonds. The Bertz CT molecular complexity index is 999. The van der Waals surface area contributed by atoms with Crippen LogP contribution in [0.3, 0.4) is 0 Å². The summed E-state index contributed by atoms with van der Waals surface area (Å²) in [6.07, 6.45) is 1.72. The van der Waals surface area contributed by atoms with E-state index in [9.17, 15) is 5.11 Å². The summed E-state index contributed by atoms with van der Waals surface area (Å²) in [5, 5.41) is 9.42. The molecule has 0 unspecified atom stereocenters. The molecule has 0 spiro atoms. The summed E-state index contributed by atoms with van der Waals surface area (Å²) in [7, 11) is 0. The lowest BCUT2D eigenvalue weighted by molar-refractivity contribution is 0.475. The van der Waals surface area contributed by atoms with E-state index in [4.69, 9.17) is 4.98 Å². The minimum atomic E-state index is 0.220. The molecule has 4 heteroatoms. The van der Waals surface area contributed by atoms with E-state index in [1.165, 1.54) is 0 Å². The normalized spacial score (nSPS) is 10.6. The predicted octanol–water partition coefficient (Wildman–Crippen LogP) is 4.58. The number of rotatable bonds is 3. The van der Waals surface area contributed by atoms with Gasteiger partial charge in [-0.1, -0.05) is 36.4 Å². The number of phenols is 1. The Morgan fingerprint density at radius 1 is 0.560 bits per heavy atom. The standard InChI is InChI=1S/C21H15N3O/c25-17-11-9-16(10-12-17)21-22-14-13-20(24-21)19-8-4-7-18(23-19)15-5-2-1-3-6-15/h1-14,25H. The zero-order valence-corrected chi connectivity index (χ0v) is 13.4. The third kappa shape index (κ3) is 3.23. The van der Waals surface area contributed by atoms with Crippen molar-refractivity contribution in [2.75, 3.05) is 0 Å². The fourth-order valence-electron chi connectivity index (χ4n) is 2.60. The van der Waals surface area contributed by atoms with Crippen molar-refractivity contribution in [3.05, 3.63) is 85.1 Å². The Morgan fingerprint density at radius 3 is 2.08 bits per heavy atom. The molecule has 4 nitrogen and oxygen atoms in total. The van der Waals surface area contributed by atoms with Crippen molar-refractivity contribution in [3.8, 4) is 39.8 Å². The van der Waals surface area contributed by atoms with E-state index < -0.39 is 0 Å². The van der Waals surface area contributed by atoms with E-state index >= 15 is 0 Å². The van der Waals surface area contributed by atoms with Gasteiger partial charge in [0, 0.05) is 17.3 Å². The molecule has 0 saturated carbocycles. The van der Waals surface area contributed by atoms with Gasteiger partial charge in [0.15, 0.2) is 5.82 Å². The van der Waals surface area contributed by atoms with Gasteiger partial charge in [0.05, 0.1) is 17.1 Å². The summed E-state index contributed by atoms with van der Waals surface area (Å²) < 4.78 is 0. The molecule has 0 saturated heterocycles. The van der Waals surface area contributed by atoms with Crippen LogP contribution in [-0.2, 0) is 0 Å².